The minimum absolute atomic E-state index is 0.155. The molecule has 0 bridgehead atoms. The van der Waals surface area contributed by atoms with Crippen molar-refractivity contribution in [1.29, 1.82) is 0 Å². The highest BCUT2D eigenvalue weighted by Crippen LogP contribution is 2.32. The van der Waals surface area contributed by atoms with Gasteiger partial charge in [-0.05, 0) is 18.9 Å². The van der Waals surface area contributed by atoms with E-state index in [4.69, 9.17) is 0 Å². The summed E-state index contributed by atoms with van der Waals surface area (Å²) in [5.74, 6) is 0.665. The van der Waals surface area contributed by atoms with Crippen LogP contribution in [0.4, 0.5) is 0 Å². The van der Waals surface area contributed by atoms with Gasteiger partial charge in [0.2, 0.25) is 0 Å². The van der Waals surface area contributed by atoms with E-state index in [-0.39, 0.29) is 5.78 Å². The molecule has 0 saturated heterocycles. The van der Waals surface area contributed by atoms with Crippen molar-refractivity contribution in [2.75, 3.05) is 0 Å². The standard InChI is InChI=1S/C17H14N4O/c22-14-9-4-8-13-15(14)16(12-6-2-1-3-7-12)20-21(13)17-18-10-5-11-19-17/h1-3,5-7,10-11H,4,8-9H2. The Hall–Kier alpha value is -2.82. The number of carbonyl (C=O) groups excluding carboxylic acids is 1. The second-order valence-corrected chi connectivity index (χ2v) is 5.27. The maximum atomic E-state index is 12.4. The lowest BCUT2D eigenvalue weighted by molar-refractivity contribution is 0.0972. The Labute approximate surface area is 127 Å². The van der Waals surface area contributed by atoms with Gasteiger partial charge >= 0.3 is 0 Å². The molecule has 0 spiro atoms. The highest BCUT2D eigenvalue weighted by Gasteiger charge is 2.28. The first kappa shape index (κ1) is 12.9. The molecule has 0 N–H and O–H groups in total. The molecule has 0 unspecified atom stereocenters. The molecule has 0 radical (unpaired) electrons. The molecule has 0 saturated carbocycles. The fourth-order valence-electron chi connectivity index (χ4n) is 2.88. The van der Waals surface area contributed by atoms with E-state index in [1.165, 1.54) is 0 Å². The van der Waals surface area contributed by atoms with Crippen LogP contribution in [-0.4, -0.2) is 25.5 Å². The molecule has 2 heterocycles. The maximum absolute atomic E-state index is 12.4. The zero-order chi connectivity index (χ0) is 14.9. The van der Waals surface area contributed by atoms with Crippen molar-refractivity contribution in [3.63, 3.8) is 0 Å². The molecular weight excluding hydrogens is 276 g/mol. The summed E-state index contributed by atoms with van der Waals surface area (Å²) in [5.41, 5.74) is 3.32. The molecule has 0 atom stereocenters. The average molecular weight is 290 g/mol. The molecule has 5 heteroatoms. The number of aromatic nitrogens is 4. The topological polar surface area (TPSA) is 60.7 Å². The molecule has 0 fully saturated rings. The molecule has 2 aromatic heterocycles. The van der Waals surface area contributed by atoms with Gasteiger partial charge in [-0.1, -0.05) is 30.3 Å². The van der Waals surface area contributed by atoms with E-state index in [1.807, 2.05) is 30.3 Å². The second kappa shape index (κ2) is 5.18. The zero-order valence-electron chi connectivity index (χ0n) is 11.9. The second-order valence-electron chi connectivity index (χ2n) is 5.27. The van der Waals surface area contributed by atoms with Crippen LogP contribution in [0.1, 0.15) is 28.9 Å². The van der Waals surface area contributed by atoms with E-state index in [0.717, 1.165) is 35.4 Å². The Kier molecular flexibility index (Phi) is 3.04. The van der Waals surface area contributed by atoms with Crippen molar-refractivity contribution in [2.24, 2.45) is 0 Å². The summed E-state index contributed by atoms with van der Waals surface area (Å²) in [6.07, 6.45) is 5.61. The lowest BCUT2D eigenvalue weighted by atomic mass is 9.92. The van der Waals surface area contributed by atoms with Gasteiger partial charge in [-0.15, -0.1) is 0 Å². The summed E-state index contributed by atoms with van der Waals surface area (Å²) in [7, 11) is 0. The lowest BCUT2D eigenvalue weighted by Crippen LogP contribution is -2.14. The number of ketones is 1. The zero-order valence-corrected chi connectivity index (χ0v) is 11.9. The monoisotopic (exact) mass is 290 g/mol. The Morgan fingerprint density at radius 2 is 1.73 bits per heavy atom. The van der Waals surface area contributed by atoms with Crippen LogP contribution in [0, 0.1) is 0 Å². The van der Waals surface area contributed by atoms with Crippen LogP contribution < -0.4 is 0 Å². The predicted octanol–water partition coefficient (Wildman–Crippen LogP) is 2.85. The van der Waals surface area contributed by atoms with Crippen LogP contribution in [0.5, 0.6) is 0 Å². The third-order valence-electron chi connectivity index (χ3n) is 3.87. The summed E-state index contributed by atoms with van der Waals surface area (Å²) in [6, 6.07) is 11.6. The highest BCUT2D eigenvalue weighted by atomic mass is 16.1. The fraction of sp³-hybridized carbons (Fsp3) is 0.176. The molecule has 1 aliphatic rings. The van der Waals surface area contributed by atoms with Gasteiger partial charge in [0.1, 0.15) is 5.69 Å². The Balaban J connectivity index is 1.97. The fourth-order valence-corrected chi connectivity index (χ4v) is 2.88. The minimum Gasteiger partial charge on any atom is -0.294 e. The summed E-state index contributed by atoms with van der Waals surface area (Å²) >= 11 is 0. The molecule has 3 aromatic rings. The summed E-state index contributed by atoms with van der Waals surface area (Å²) in [5, 5.41) is 4.65. The first-order valence-electron chi connectivity index (χ1n) is 7.32. The maximum Gasteiger partial charge on any atom is 0.250 e. The van der Waals surface area contributed by atoms with Crippen LogP contribution in [0.3, 0.4) is 0 Å². The molecule has 4 rings (SSSR count). The van der Waals surface area contributed by atoms with Gasteiger partial charge < -0.3 is 0 Å². The number of hydrogen-bond donors (Lipinski definition) is 0. The van der Waals surface area contributed by atoms with Crippen molar-refractivity contribution in [2.45, 2.75) is 19.3 Å². The van der Waals surface area contributed by atoms with Gasteiger partial charge in [-0.25, -0.2) is 14.6 Å². The summed E-state index contributed by atoms with van der Waals surface area (Å²) in [4.78, 5) is 21.0. The quantitative estimate of drug-likeness (QED) is 0.728. The van der Waals surface area contributed by atoms with E-state index in [9.17, 15) is 4.79 Å². The van der Waals surface area contributed by atoms with E-state index in [1.54, 1.807) is 23.1 Å². The van der Waals surface area contributed by atoms with Crippen LogP contribution in [0.15, 0.2) is 48.8 Å². The van der Waals surface area contributed by atoms with Crippen LogP contribution in [-0.2, 0) is 6.42 Å². The molecule has 108 valence electrons. The Morgan fingerprint density at radius 1 is 0.955 bits per heavy atom. The van der Waals surface area contributed by atoms with Crippen molar-refractivity contribution in [3.05, 3.63) is 60.0 Å². The lowest BCUT2D eigenvalue weighted by Gasteiger charge is -2.12. The molecule has 22 heavy (non-hydrogen) atoms. The largest absolute Gasteiger partial charge is 0.294 e. The van der Waals surface area contributed by atoms with E-state index < -0.39 is 0 Å². The summed E-state index contributed by atoms with van der Waals surface area (Å²) < 4.78 is 1.72. The van der Waals surface area contributed by atoms with Crippen LogP contribution >= 0.6 is 0 Å². The molecule has 5 nitrogen and oxygen atoms in total. The van der Waals surface area contributed by atoms with Gasteiger partial charge in [-0.2, -0.15) is 5.10 Å². The van der Waals surface area contributed by atoms with E-state index >= 15 is 0 Å². The minimum atomic E-state index is 0.155. The van der Waals surface area contributed by atoms with Gasteiger partial charge in [0.05, 0.1) is 11.3 Å². The predicted molar refractivity (Wildman–Crippen MR) is 81.9 cm³/mol. The van der Waals surface area contributed by atoms with Crippen LogP contribution in [0.25, 0.3) is 17.2 Å². The molecule has 1 aromatic carbocycles. The smallest absolute Gasteiger partial charge is 0.250 e. The van der Waals surface area contributed by atoms with Crippen molar-refractivity contribution < 1.29 is 4.79 Å². The van der Waals surface area contributed by atoms with Gasteiger partial charge in [0, 0.05) is 24.4 Å². The van der Waals surface area contributed by atoms with Gasteiger partial charge in [0.25, 0.3) is 5.95 Å². The third-order valence-corrected chi connectivity index (χ3v) is 3.87. The molecule has 0 amide bonds. The van der Waals surface area contributed by atoms with Gasteiger partial charge in [-0.3, -0.25) is 4.79 Å². The van der Waals surface area contributed by atoms with Crippen LogP contribution in [0.2, 0.25) is 0 Å². The summed E-state index contributed by atoms with van der Waals surface area (Å²) in [6.45, 7) is 0. The van der Waals surface area contributed by atoms with Gasteiger partial charge in [0.15, 0.2) is 5.78 Å². The number of hydrogen-bond acceptors (Lipinski definition) is 4. The van der Waals surface area contributed by atoms with Crippen molar-refractivity contribution in [1.82, 2.24) is 19.7 Å². The first-order valence-corrected chi connectivity index (χ1v) is 7.32. The number of Topliss-reactive ketones (excluding diaryl/α,β-unsaturated/α-hetero) is 1. The van der Waals surface area contributed by atoms with E-state index in [2.05, 4.69) is 15.1 Å². The normalized spacial score (nSPS) is 13.9. The third kappa shape index (κ3) is 2.02. The molecule has 1 aliphatic carbocycles. The number of fused-ring (bicyclic) bond motifs is 1. The molecular formula is C17H14N4O. The number of benzene rings is 1. The van der Waals surface area contributed by atoms with E-state index in [0.29, 0.717) is 12.4 Å². The number of rotatable bonds is 2. The Morgan fingerprint density at radius 3 is 2.50 bits per heavy atom. The average Bonchev–Trinajstić information content (AvgIpc) is 2.98. The first-order chi connectivity index (χ1) is 10.8. The molecule has 0 aliphatic heterocycles. The van der Waals surface area contributed by atoms with Crippen molar-refractivity contribution >= 4 is 5.78 Å². The number of nitrogens with zero attached hydrogens (tertiary/aromatic N) is 4. The Bertz CT molecular complexity index is 825. The van der Waals surface area contributed by atoms with Crippen molar-refractivity contribution in [3.8, 4) is 17.2 Å². The number of carbonyl (C=O) groups is 1. The SMILES string of the molecule is O=C1CCCc2c1c(-c1ccccc1)nn2-c1ncccn1. The highest BCUT2D eigenvalue weighted by molar-refractivity contribution is 6.03.